The van der Waals surface area contributed by atoms with Crippen LogP contribution in [0.15, 0.2) is 18.2 Å². The van der Waals surface area contributed by atoms with E-state index < -0.39 is 0 Å². The molecule has 0 saturated heterocycles. The molecule has 0 bridgehead atoms. The molecule has 2 heteroatoms. The first-order chi connectivity index (χ1) is 7.74. The molecule has 2 N–H and O–H groups in total. The first-order valence-corrected chi connectivity index (χ1v) is 6.21. The predicted octanol–water partition coefficient (Wildman–Crippen LogP) is 2.39. The zero-order chi connectivity index (χ0) is 11.8. The van der Waals surface area contributed by atoms with Gasteiger partial charge in [0, 0.05) is 6.54 Å². The number of aryl methyl sites for hydroxylation is 2. The van der Waals surface area contributed by atoms with E-state index >= 15 is 0 Å². The van der Waals surface area contributed by atoms with Gasteiger partial charge in [0.15, 0.2) is 0 Å². The number of nitrogens with one attached hydrogen (secondary N) is 2. The monoisotopic (exact) mass is 220 g/mol. The Morgan fingerprint density at radius 3 is 2.56 bits per heavy atom. The van der Waals surface area contributed by atoms with Crippen LogP contribution in [0.1, 0.15) is 30.0 Å². The third-order valence-electron chi connectivity index (χ3n) is 2.78. The van der Waals surface area contributed by atoms with Gasteiger partial charge in [0.1, 0.15) is 0 Å². The van der Waals surface area contributed by atoms with Crippen molar-refractivity contribution in [2.45, 2.75) is 33.7 Å². The molecule has 16 heavy (non-hydrogen) atoms. The zero-order valence-corrected chi connectivity index (χ0v) is 10.8. The standard InChI is InChI=1S/C14H24N2/c1-4-15-8-5-9-16-11-14-10-12(2)6-7-13(14)3/h6-7,10,15-16H,4-5,8-9,11H2,1-3H3. The molecule has 0 atom stereocenters. The summed E-state index contributed by atoms with van der Waals surface area (Å²) in [7, 11) is 0. The Bertz CT molecular complexity index is 308. The van der Waals surface area contributed by atoms with Crippen molar-refractivity contribution in [1.82, 2.24) is 10.6 Å². The Labute approximate surface area is 99.5 Å². The average molecular weight is 220 g/mol. The summed E-state index contributed by atoms with van der Waals surface area (Å²) < 4.78 is 0. The molecule has 0 spiro atoms. The lowest BCUT2D eigenvalue weighted by Gasteiger charge is -2.09. The summed E-state index contributed by atoms with van der Waals surface area (Å²) in [4.78, 5) is 0. The van der Waals surface area contributed by atoms with E-state index in [9.17, 15) is 0 Å². The summed E-state index contributed by atoms with van der Waals surface area (Å²) in [6, 6.07) is 6.64. The van der Waals surface area contributed by atoms with E-state index in [1.54, 1.807) is 0 Å². The fourth-order valence-electron chi connectivity index (χ4n) is 1.73. The molecule has 0 aliphatic heterocycles. The maximum atomic E-state index is 3.49. The smallest absolute Gasteiger partial charge is 0.0208 e. The number of hydrogen-bond donors (Lipinski definition) is 2. The van der Waals surface area contributed by atoms with Crippen LogP contribution in [0, 0.1) is 13.8 Å². The Balaban J connectivity index is 2.23. The summed E-state index contributed by atoms with van der Waals surface area (Å²) in [5.41, 5.74) is 4.14. The third kappa shape index (κ3) is 4.77. The molecule has 0 aliphatic carbocycles. The molecule has 2 nitrogen and oxygen atoms in total. The van der Waals surface area contributed by atoms with E-state index in [1.165, 1.54) is 23.1 Å². The Hall–Kier alpha value is -0.860. The van der Waals surface area contributed by atoms with Crippen molar-refractivity contribution in [2.75, 3.05) is 19.6 Å². The predicted molar refractivity (Wildman–Crippen MR) is 70.8 cm³/mol. The SMILES string of the molecule is CCNCCCNCc1cc(C)ccc1C. The molecule has 1 aromatic rings. The molecule has 1 rings (SSSR count). The highest BCUT2D eigenvalue weighted by Gasteiger charge is 1.97. The molecule has 0 heterocycles. The van der Waals surface area contributed by atoms with Crippen LogP contribution in [0.2, 0.25) is 0 Å². The van der Waals surface area contributed by atoms with Crippen LogP contribution in [0.3, 0.4) is 0 Å². The molecular weight excluding hydrogens is 196 g/mol. The van der Waals surface area contributed by atoms with E-state index in [2.05, 4.69) is 49.6 Å². The normalized spacial score (nSPS) is 10.7. The van der Waals surface area contributed by atoms with Gasteiger partial charge in [-0.2, -0.15) is 0 Å². The molecule has 90 valence electrons. The molecule has 0 aromatic heterocycles. The second-order valence-electron chi connectivity index (χ2n) is 4.31. The molecule has 0 fully saturated rings. The molecule has 0 aliphatic rings. The lowest BCUT2D eigenvalue weighted by atomic mass is 10.1. The van der Waals surface area contributed by atoms with Gasteiger partial charge in [0.05, 0.1) is 0 Å². The maximum Gasteiger partial charge on any atom is 0.0208 e. The largest absolute Gasteiger partial charge is 0.317 e. The molecule has 0 radical (unpaired) electrons. The second kappa shape index (κ2) is 7.42. The van der Waals surface area contributed by atoms with Crippen molar-refractivity contribution < 1.29 is 0 Å². The van der Waals surface area contributed by atoms with E-state index in [1.807, 2.05) is 0 Å². The van der Waals surface area contributed by atoms with Crippen LogP contribution >= 0.6 is 0 Å². The molecule has 0 amide bonds. The van der Waals surface area contributed by atoms with Gasteiger partial charge in [-0.1, -0.05) is 30.7 Å². The van der Waals surface area contributed by atoms with Crippen molar-refractivity contribution in [1.29, 1.82) is 0 Å². The highest BCUT2D eigenvalue weighted by molar-refractivity contribution is 5.30. The van der Waals surface area contributed by atoms with Gasteiger partial charge in [-0.25, -0.2) is 0 Å². The molecule has 0 unspecified atom stereocenters. The minimum atomic E-state index is 0.986. The average Bonchev–Trinajstić information content (AvgIpc) is 2.28. The maximum absolute atomic E-state index is 3.49. The minimum absolute atomic E-state index is 0.986. The van der Waals surface area contributed by atoms with Crippen LogP contribution in [0.4, 0.5) is 0 Å². The topological polar surface area (TPSA) is 24.1 Å². The van der Waals surface area contributed by atoms with Gasteiger partial charge < -0.3 is 10.6 Å². The summed E-state index contributed by atoms with van der Waals surface area (Å²) >= 11 is 0. The van der Waals surface area contributed by atoms with Crippen LogP contribution in [-0.2, 0) is 6.54 Å². The first-order valence-electron chi connectivity index (χ1n) is 6.21. The van der Waals surface area contributed by atoms with E-state index in [0.717, 1.165) is 26.2 Å². The van der Waals surface area contributed by atoms with Gasteiger partial charge in [-0.15, -0.1) is 0 Å². The quantitative estimate of drug-likeness (QED) is 0.690. The summed E-state index contributed by atoms with van der Waals surface area (Å²) in [6.45, 7) is 10.7. The van der Waals surface area contributed by atoms with Crippen LogP contribution in [0.25, 0.3) is 0 Å². The summed E-state index contributed by atoms with van der Waals surface area (Å²) in [5, 5.41) is 6.82. The van der Waals surface area contributed by atoms with E-state index in [4.69, 9.17) is 0 Å². The fraction of sp³-hybridized carbons (Fsp3) is 0.571. The van der Waals surface area contributed by atoms with Crippen molar-refractivity contribution >= 4 is 0 Å². The van der Waals surface area contributed by atoms with Crippen molar-refractivity contribution in [2.24, 2.45) is 0 Å². The highest BCUT2D eigenvalue weighted by Crippen LogP contribution is 2.09. The Morgan fingerprint density at radius 1 is 1.06 bits per heavy atom. The number of hydrogen-bond acceptors (Lipinski definition) is 2. The van der Waals surface area contributed by atoms with E-state index in [-0.39, 0.29) is 0 Å². The van der Waals surface area contributed by atoms with Crippen LogP contribution < -0.4 is 10.6 Å². The summed E-state index contributed by atoms with van der Waals surface area (Å²) in [6.07, 6.45) is 1.19. The first kappa shape index (κ1) is 13.2. The van der Waals surface area contributed by atoms with E-state index in [0.29, 0.717) is 0 Å². The van der Waals surface area contributed by atoms with Crippen molar-refractivity contribution in [3.63, 3.8) is 0 Å². The minimum Gasteiger partial charge on any atom is -0.317 e. The Morgan fingerprint density at radius 2 is 1.81 bits per heavy atom. The summed E-state index contributed by atoms with van der Waals surface area (Å²) in [5.74, 6) is 0. The van der Waals surface area contributed by atoms with Gasteiger partial charge >= 0.3 is 0 Å². The van der Waals surface area contributed by atoms with Crippen LogP contribution in [-0.4, -0.2) is 19.6 Å². The Kier molecular flexibility index (Phi) is 6.12. The fourth-order valence-corrected chi connectivity index (χ4v) is 1.73. The van der Waals surface area contributed by atoms with Crippen molar-refractivity contribution in [3.05, 3.63) is 34.9 Å². The van der Waals surface area contributed by atoms with Gasteiger partial charge in [0.2, 0.25) is 0 Å². The molecule has 0 saturated carbocycles. The van der Waals surface area contributed by atoms with Gasteiger partial charge in [0.25, 0.3) is 0 Å². The number of benzene rings is 1. The lowest BCUT2D eigenvalue weighted by molar-refractivity contribution is 0.605. The second-order valence-corrected chi connectivity index (χ2v) is 4.31. The van der Waals surface area contributed by atoms with Gasteiger partial charge in [-0.3, -0.25) is 0 Å². The number of rotatable bonds is 7. The lowest BCUT2D eigenvalue weighted by Crippen LogP contribution is -2.21. The third-order valence-corrected chi connectivity index (χ3v) is 2.78. The molecule has 1 aromatic carbocycles. The van der Waals surface area contributed by atoms with Crippen molar-refractivity contribution in [3.8, 4) is 0 Å². The van der Waals surface area contributed by atoms with Gasteiger partial charge in [-0.05, 0) is 51.0 Å². The molecular formula is C14H24N2. The highest BCUT2D eigenvalue weighted by atomic mass is 14.9. The zero-order valence-electron chi connectivity index (χ0n) is 10.8. The van der Waals surface area contributed by atoms with Crippen LogP contribution in [0.5, 0.6) is 0 Å².